The van der Waals surface area contributed by atoms with Crippen LogP contribution in [0.1, 0.15) is 65.0 Å². The molecule has 0 spiro atoms. The Labute approximate surface area is 204 Å². The van der Waals surface area contributed by atoms with Crippen molar-refractivity contribution in [1.29, 1.82) is 0 Å². The van der Waals surface area contributed by atoms with Crippen molar-refractivity contribution in [3.63, 3.8) is 0 Å². The maximum atomic E-state index is 13.8. The van der Waals surface area contributed by atoms with Gasteiger partial charge in [-0.1, -0.05) is 46.8 Å². The molecule has 0 radical (unpaired) electrons. The fourth-order valence-electron chi connectivity index (χ4n) is 4.08. The SMILES string of the molecule is CCC(CC)C(=O)N(Cc1cccc(F)c1)Cc1cc(NC(=O)CC(C)(C)C)ccc1N(C)C. The third-order valence-corrected chi connectivity index (χ3v) is 5.81. The van der Waals surface area contributed by atoms with Gasteiger partial charge in [0.15, 0.2) is 0 Å². The van der Waals surface area contributed by atoms with Gasteiger partial charge in [0.1, 0.15) is 5.82 Å². The minimum Gasteiger partial charge on any atom is -0.377 e. The van der Waals surface area contributed by atoms with Crippen LogP contribution < -0.4 is 10.2 Å². The molecule has 0 atom stereocenters. The minimum absolute atomic E-state index is 0.0409. The molecule has 186 valence electrons. The molecule has 0 bridgehead atoms. The van der Waals surface area contributed by atoms with Crippen LogP contribution in [0.3, 0.4) is 0 Å². The van der Waals surface area contributed by atoms with Crippen molar-refractivity contribution >= 4 is 23.2 Å². The van der Waals surface area contributed by atoms with E-state index in [1.54, 1.807) is 11.0 Å². The normalized spacial score (nSPS) is 11.4. The van der Waals surface area contributed by atoms with Gasteiger partial charge in [-0.3, -0.25) is 9.59 Å². The first-order valence-corrected chi connectivity index (χ1v) is 12.1. The molecule has 0 heterocycles. The first-order chi connectivity index (χ1) is 15.9. The zero-order valence-electron chi connectivity index (χ0n) is 21.7. The first kappa shape index (κ1) is 27.4. The summed E-state index contributed by atoms with van der Waals surface area (Å²) in [6.07, 6.45) is 1.91. The van der Waals surface area contributed by atoms with Crippen molar-refractivity contribution in [2.45, 2.75) is 67.0 Å². The van der Waals surface area contributed by atoms with Gasteiger partial charge < -0.3 is 15.1 Å². The number of nitrogens with zero attached hydrogens (tertiary/aromatic N) is 2. The summed E-state index contributed by atoms with van der Waals surface area (Å²) in [5.41, 5.74) is 3.24. The predicted molar refractivity (Wildman–Crippen MR) is 138 cm³/mol. The molecule has 0 fully saturated rings. The highest BCUT2D eigenvalue weighted by Gasteiger charge is 2.24. The van der Waals surface area contributed by atoms with Gasteiger partial charge in [0.2, 0.25) is 11.8 Å². The first-order valence-electron chi connectivity index (χ1n) is 12.1. The van der Waals surface area contributed by atoms with Crippen molar-refractivity contribution in [3.8, 4) is 0 Å². The summed E-state index contributed by atoms with van der Waals surface area (Å²) in [5, 5.41) is 3.00. The summed E-state index contributed by atoms with van der Waals surface area (Å²) in [7, 11) is 3.91. The molecule has 5 nitrogen and oxygen atoms in total. The maximum Gasteiger partial charge on any atom is 0.226 e. The number of rotatable bonds is 10. The summed E-state index contributed by atoms with van der Waals surface area (Å²) in [4.78, 5) is 29.8. The Morgan fingerprint density at radius 2 is 1.68 bits per heavy atom. The standard InChI is InChI=1S/C28H40FN3O2/c1-8-21(9-2)27(34)32(18-20-11-10-12-23(29)15-20)19-22-16-24(13-14-25(22)31(6)7)30-26(33)17-28(3,4)5/h10-16,21H,8-9,17-19H2,1-7H3,(H,30,33). The van der Waals surface area contributed by atoms with Crippen LogP contribution in [0.2, 0.25) is 0 Å². The van der Waals surface area contributed by atoms with Crippen molar-refractivity contribution in [2.75, 3.05) is 24.3 Å². The molecule has 2 amide bonds. The number of hydrogen-bond acceptors (Lipinski definition) is 3. The monoisotopic (exact) mass is 469 g/mol. The second-order valence-corrected chi connectivity index (χ2v) is 10.4. The lowest BCUT2D eigenvalue weighted by atomic mass is 9.92. The quantitative estimate of drug-likeness (QED) is 0.449. The van der Waals surface area contributed by atoms with Crippen LogP contribution in [-0.4, -0.2) is 30.8 Å². The van der Waals surface area contributed by atoms with E-state index in [9.17, 15) is 14.0 Å². The summed E-state index contributed by atoms with van der Waals surface area (Å²) >= 11 is 0. The van der Waals surface area contributed by atoms with E-state index in [0.717, 1.165) is 29.7 Å². The summed E-state index contributed by atoms with van der Waals surface area (Å²) < 4.78 is 13.8. The number of nitrogens with one attached hydrogen (secondary N) is 1. The van der Waals surface area contributed by atoms with Crippen molar-refractivity contribution < 1.29 is 14.0 Å². The van der Waals surface area contributed by atoms with Crippen LogP contribution in [0.4, 0.5) is 15.8 Å². The summed E-state index contributed by atoms with van der Waals surface area (Å²) in [6.45, 7) is 10.8. The van der Waals surface area contributed by atoms with Crippen LogP contribution >= 0.6 is 0 Å². The molecular formula is C28H40FN3O2. The van der Waals surface area contributed by atoms with Crippen LogP contribution in [-0.2, 0) is 22.7 Å². The smallest absolute Gasteiger partial charge is 0.226 e. The fourth-order valence-corrected chi connectivity index (χ4v) is 4.08. The number of halogens is 1. The Morgan fingerprint density at radius 1 is 1.00 bits per heavy atom. The van der Waals surface area contributed by atoms with E-state index in [0.29, 0.717) is 25.2 Å². The number of carbonyl (C=O) groups is 2. The Hall–Kier alpha value is -2.89. The number of anilines is 2. The molecule has 0 aliphatic carbocycles. The zero-order valence-corrected chi connectivity index (χ0v) is 21.7. The molecule has 0 saturated heterocycles. The lowest BCUT2D eigenvalue weighted by Gasteiger charge is -2.29. The van der Waals surface area contributed by atoms with Gasteiger partial charge in [-0.15, -0.1) is 0 Å². The highest BCUT2D eigenvalue weighted by atomic mass is 19.1. The zero-order chi connectivity index (χ0) is 25.5. The lowest BCUT2D eigenvalue weighted by molar-refractivity contribution is -0.137. The lowest BCUT2D eigenvalue weighted by Crippen LogP contribution is -2.35. The van der Waals surface area contributed by atoms with Crippen LogP contribution in [0.15, 0.2) is 42.5 Å². The van der Waals surface area contributed by atoms with E-state index in [4.69, 9.17) is 0 Å². The second-order valence-electron chi connectivity index (χ2n) is 10.4. The van der Waals surface area contributed by atoms with E-state index in [-0.39, 0.29) is 29.0 Å². The Morgan fingerprint density at radius 3 is 2.24 bits per heavy atom. The molecule has 2 rings (SSSR count). The third kappa shape index (κ3) is 8.15. The Balaban J connectivity index is 2.40. The third-order valence-electron chi connectivity index (χ3n) is 5.81. The molecule has 0 aliphatic rings. The molecule has 0 aromatic heterocycles. The summed E-state index contributed by atoms with van der Waals surface area (Å²) in [5.74, 6) is -0.391. The average Bonchev–Trinajstić information content (AvgIpc) is 2.72. The minimum atomic E-state index is -0.315. The van der Waals surface area contributed by atoms with E-state index < -0.39 is 0 Å². The van der Waals surface area contributed by atoms with Gasteiger partial charge in [0.25, 0.3) is 0 Å². The molecule has 34 heavy (non-hydrogen) atoms. The number of carbonyl (C=O) groups excluding carboxylic acids is 2. The largest absolute Gasteiger partial charge is 0.377 e. The van der Waals surface area contributed by atoms with Crippen LogP contribution in [0.5, 0.6) is 0 Å². The summed E-state index contributed by atoms with van der Waals surface area (Å²) in [6, 6.07) is 12.2. The molecule has 2 aromatic carbocycles. The van der Waals surface area contributed by atoms with Crippen molar-refractivity contribution in [3.05, 3.63) is 59.4 Å². The second kappa shape index (κ2) is 12.0. The van der Waals surface area contributed by atoms with Gasteiger partial charge in [-0.25, -0.2) is 4.39 Å². The predicted octanol–water partition coefficient (Wildman–Crippen LogP) is 6.23. The Bertz CT molecular complexity index is 978. The molecule has 6 heteroatoms. The highest BCUT2D eigenvalue weighted by Crippen LogP contribution is 2.27. The molecule has 0 aliphatic heterocycles. The van der Waals surface area contributed by atoms with E-state index in [1.807, 2.05) is 77.9 Å². The molecule has 0 saturated carbocycles. The maximum absolute atomic E-state index is 13.8. The van der Waals surface area contributed by atoms with Gasteiger partial charge in [0.05, 0.1) is 0 Å². The molecule has 1 N–H and O–H groups in total. The van der Waals surface area contributed by atoms with E-state index >= 15 is 0 Å². The number of amides is 2. The Kier molecular flexibility index (Phi) is 9.66. The highest BCUT2D eigenvalue weighted by molar-refractivity contribution is 5.91. The topological polar surface area (TPSA) is 52.7 Å². The van der Waals surface area contributed by atoms with E-state index in [2.05, 4.69) is 5.32 Å². The van der Waals surface area contributed by atoms with Gasteiger partial charge in [-0.05, 0) is 59.7 Å². The van der Waals surface area contributed by atoms with Crippen molar-refractivity contribution in [2.24, 2.45) is 11.3 Å². The van der Waals surface area contributed by atoms with Gasteiger partial charge in [0, 0.05) is 50.9 Å². The number of benzene rings is 2. The molecule has 0 unspecified atom stereocenters. The molecular weight excluding hydrogens is 429 g/mol. The number of hydrogen-bond donors (Lipinski definition) is 1. The van der Waals surface area contributed by atoms with E-state index in [1.165, 1.54) is 12.1 Å². The average molecular weight is 470 g/mol. The fraction of sp³-hybridized carbons (Fsp3) is 0.500. The van der Waals surface area contributed by atoms with Crippen molar-refractivity contribution in [1.82, 2.24) is 4.90 Å². The van der Waals surface area contributed by atoms with Crippen LogP contribution in [0.25, 0.3) is 0 Å². The van der Waals surface area contributed by atoms with Crippen LogP contribution in [0, 0.1) is 17.2 Å². The van der Waals surface area contributed by atoms with Gasteiger partial charge in [-0.2, -0.15) is 0 Å². The van der Waals surface area contributed by atoms with Gasteiger partial charge >= 0.3 is 0 Å². The molecule has 2 aromatic rings.